The average molecular weight is 1040 g/mol. The van der Waals surface area contributed by atoms with Crippen LogP contribution in [0.2, 0.25) is 0 Å². The summed E-state index contributed by atoms with van der Waals surface area (Å²) < 4.78 is 20.2. The van der Waals surface area contributed by atoms with Gasteiger partial charge in [0, 0.05) is 5.56 Å². The van der Waals surface area contributed by atoms with E-state index in [2.05, 4.69) is 32.8 Å². The highest BCUT2D eigenvalue weighted by Crippen LogP contribution is 2.66. The third kappa shape index (κ3) is 8.57. The Balaban J connectivity index is 1.19. The normalized spacial score (nSPS) is 21.2. The second-order valence-corrected chi connectivity index (χ2v) is 20.0. The summed E-state index contributed by atoms with van der Waals surface area (Å²) in [6, 6.07) is 39.6. The zero-order valence-electron chi connectivity index (χ0n) is 41.4. The van der Waals surface area contributed by atoms with Gasteiger partial charge in [0.2, 0.25) is 11.8 Å². The smallest absolute Gasteiger partial charge is 0.329 e. The first-order valence-electron chi connectivity index (χ1n) is 24.7. The quantitative estimate of drug-likeness (QED) is 0.0794. The number of ether oxygens (including phenoxy) is 3. The number of fused-ring (bicyclic) bond motifs is 5. The van der Waals surface area contributed by atoms with E-state index in [-0.39, 0.29) is 36.1 Å². The van der Waals surface area contributed by atoms with Gasteiger partial charge >= 0.3 is 18.0 Å². The number of esters is 2. The minimum atomic E-state index is -2.19. The van der Waals surface area contributed by atoms with Gasteiger partial charge in [0.05, 0.1) is 53.1 Å². The lowest BCUT2D eigenvalue weighted by Crippen LogP contribution is -2.57. The molecule has 6 aromatic carbocycles. The van der Waals surface area contributed by atoms with Crippen molar-refractivity contribution < 1.29 is 43.3 Å². The van der Waals surface area contributed by atoms with Gasteiger partial charge < -0.3 is 30.0 Å². The number of morpholine rings is 1. The van der Waals surface area contributed by atoms with Crippen LogP contribution in [0.3, 0.4) is 0 Å². The SMILES string of the molecule is COC(=O)[C@@H](NC(=O)N1C(=O)[C@@]2(c3cc(C#CCn4nnc5ccccc54)ccc31)[C@H](C(=O)Nc1nc3ccccc3s1)[C@H]1C(=O)O[C@H](c3ccccc3)[C@H](c3ccccc3)N1[C@@H]2c1cccc(OCCO)c1)C(C)C. The minimum absolute atomic E-state index is 0.0623. The first-order valence-corrected chi connectivity index (χ1v) is 25.6. The Morgan fingerprint density at radius 1 is 0.829 bits per heavy atom. The minimum Gasteiger partial charge on any atom is -0.491 e. The Labute approximate surface area is 440 Å². The molecular weight excluding hydrogens is 985 g/mol. The van der Waals surface area contributed by atoms with E-state index >= 15 is 19.2 Å². The summed E-state index contributed by atoms with van der Waals surface area (Å²) in [5.74, 6) is 1.47. The first-order chi connectivity index (χ1) is 37.0. The number of benzene rings is 6. The van der Waals surface area contributed by atoms with Crippen LogP contribution < -0.4 is 20.3 Å². The Bertz CT molecular complexity index is 3580. The standard InChI is InChI=1S/C58H50N8O9S/c1-34(2)47(53(69)73-3)60-57(72)65-43-28-27-35(16-15-29-64-44-25-12-10-23-41(44)62-63-64)32-40(43)58(55(65)71)46(52(68)61-56-59-42-24-11-13-26-45(42)76-56)49-54(70)75-50(37-19-8-5-9-20-37)48(36-17-6-4-7-18-36)66(49)51(58)38-21-14-22-39(33-38)74-31-30-67/h4-14,17-28,32-34,46-51,67H,29-31H2,1-3H3,(H,60,72)(H,59,61,68)/t46-,47-,48-,49-,50+,51+,58-/m0/s1. The molecule has 0 aliphatic carbocycles. The molecule has 17 nitrogen and oxygen atoms in total. The van der Waals surface area contributed by atoms with Crippen LogP contribution in [0.15, 0.2) is 152 Å². The number of amides is 4. The molecule has 0 bridgehead atoms. The number of cyclic esters (lactones) is 1. The molecule has 2 fully saturated rings. The number of carbonyl (C=O) groups excluding carboxylic acids is 5. The van der Waals surface area contributed by atoms with Crippen molar-refractivity contribution >= 4 is 73.2 Å². The van der Waals surface area contributed by atoms with Crippen molar-refractivity contribution in [3.8, 4) is 17.6 Å². The van der Waals surface area contributed by atoms with Gasteiger partial charge in [-0.05, 0) is 82.8 Å². The van der Waals surface area contributed by atoms with E-state index in [1.807, 2.05) is 114 Å². The summed E-state index contributed by atoms with van der Waals surface area (Å²) >= 11 is 1.22. The highest BCUT2D eigenvalue weighted by molar-refractivity contribution is 7.22. The zero-order valence-corrected chi connectivity index (χ0v) is 42.2. The number of thiazole rings is 1. The molecule has 0 saturated carbocycles. The number of para-hydroxylation sites is 2. The maximum Gasteiger partial charge on any atom is 0.329 e. The Morgan fingerprint density at radius 2 is 1.54 bits per heavy atom. The van der Waals surface area contributed by atoms with Crippen LogP contribution >= 0.6 is 11.3 Å². The molecule has 8 aromatic rings. The fraction of sp³-hybridized carbons (Fsp3) is 0.241. The molecule has 76 heavy (non-hydrogen) atoms. The lowest BCUT2D eigenvalue weighted by Gasteiger charge is -2.46. The van der Waals surface area contributed by atoms with Crippen molar-refractivity contribution in [3.63, 3.8) is 0 Å². The molecule has 3 aliphatic rings. The molecular formula is C58H50N8O9S. The number of imide groups is 1. The largest absolute Gasteiger partial charge is 0.491 e. The van der Waals surface area contributed by atoms with Gasteiger partial charge in [0.1, 0.15) is 48.0 Å². The molecule has 11 rings (SSSR count). The summed E-state index contributed by atoms with van der Waals surface area (Å²) in [7, 11) is 1.21. The number of urea groups is 1. The number of nitrogens with zero attached hydrogens (tertiary/aromatic N) is 6. The Hall–Kier alpha value is -8.76. The van der Waals surface area contributed by atoms with Crippen molar-refractivity contribution in [2.45, 2.75) is 56.1 Å². The van der Waals surface area contributed by atoms with E-state index in [0.29, 0.717) is 39.0 Å². The molecule has 0 radical (unpaired) electrons. The highest BCUT2D eigenvalue weighted by Gasteiger charge is 2.76. The maximum absolute atomic E-state index is 16.9. The Kier molecular flexibility index (Phi) is 13.3. The van der Waals surface area contributed by atoms with Gasteiger partial charge in [-0.25, -0.2) is 24.2 Å². The molecule has 0 unspecified atom stereocenters. The van der Waals surface area contributed by atoms with Crippen LogP contribution in [0.5, 0.6) is 5.75 Å². The summed E-state index contributed by atoms with van der Waals surface area (Å²) in [5, 5.41) is 24.5. The summed E-state index contributed by atoms with van der Waals surface area (Å²) in [6.45, 7) is 3.24. The summed E-state index contributed by atoms with van der Waals surface area (Å²) in [6.07, 6.45) is -0.987. The lowest BCUT2D eigenvalue weighted by molar-refractivity contribution is -0.177. The van der Waals surface area contributed by atoms with Crippen molar-refractivity contribution in [2.24, 2.45) is 11.8 Å². The van der Waals surface area contributed by atoms with Crippen LogP contribution in [-0.4, -0.2) is 92.2 Å². The second-order valence-electron chi connectivity index (χ2n) is 19.0. The van der Waals surface area contributed by atoms with E-state index < -0.39 is 77.3 Å². The van der Waals surface area contributed by atoms with E-state index in [1.165, 1.54) is 18.4 Å². The molecule has 3 N–H and O–H groups in total. The maximum atomic E-state index is 16.9. The zero-order chi connectivity index (χ0) is 52.7. The van der Waals surface area contributed by atoms with E-state index in [0.717, 1.165) is 15.1 Å². The summed E-state index contributed by atoms with van der Waals surface area (Å²) in [5.41, 5.74) is 2.37. The highest BCUT2D eigenvalue weighted by atomic mass is 32.1. The molecule has 382 valence electrons. The van der Waals surface area contributed by atoms with Crippen LogP contribution in [0.25, 0.3) is 21.3 Å². The van der Waals surface area contributed by atoms with Gasteiger partial charge in [-0.15, -0.1) is 5.10 Å². The van der Waals surface area contributed by atoms with Gasteiger partial charge in [0.15, 0.2) is 5.13 Å². The van der Waals surface area contributed by atoms with Gasteiger partial charge in [-0.3, -0.25) is 19.3 Å². The topological polar surface area (TPSA) is 207 Å². The second kappa shape index (κ2) is 20.5. The van der Waals surface area contributed by atoms with Gasteiger partial charge in [-0.1, -0.05) is 139 Å². The number of anilines is 2. The number of aliphatic hydroxyl groups excluding tert-OH is 1. The van der Waals surface area contributed by atoms with E-state index in [1.54, 1.807) is 61.0 Å². The summed E-state index contributed by atoms with van der Waals surface area (Å²) in [4.78, 5) is 84.9. The predicted molar refractivity (Wildman–Crippen MR) is 283 cm³/mol. The molecule has 5 heterocycles. The monoisotopic (exact) mass is 1030 g/mol. The predicted octanol–water partition coefficient (Wildman–Crippen LogP) is 7.68. The number of aromatic nitrogens is 4. The van der Waals surface area contributed by atoms with Crippen LogP contribution in [0, 0.1) is 23.7 Å². The van der Waals surface area contributed by atoms with Crippen LogP contribution in [-0.2, 0) is 40.6 Å². The van der Waals surface area contributed by atoms with Crippen molar-refractivity contribution in [3.05, 3.63) is 179 Å². The molecule has 2 saturated heterocycles. The van der Waals surface area contributed by atoms with Crippen LogP contribution in [0.4, 0.5) is 15.6 Å². The third-order valence-corrected chi connectivity index (χ3v) is 15.2. The number of rotatable bonds is 12. The fourth-order valence-electron chi connectivity index (χ4n) is 11.1. The molecule has 1 spiro atoms. The van der Waals surface area contributed by atoms with E-state index in [9.17, 15) is 9.90 Å². The van der Waals surface area contributed by atoms with Gasteiger partial charge in [0.25, 0.3) is 0 Å². The third-order valence-electron chi connectivity index (χ3n) is 14.3. The number of methoxy groups -OCH3 is 1. The molecule has 7 atom stereocenters. The number of hydrogen-bond donors (Lipinski definition) is 3. The van der Waals surface area contributed by atoms with Crippen molar-refractivity contribution in [1.82, 2.24) is 30.2 Å². The van der Waals surface area contributed by atoms with Crippen molar-refractivity contribution in [2.75, 3.05) is 30.5 Å². The number of hydrogen-bond acceptors (Lipinski definition) is 14. The molecule has 4 amide bonds. The number of carbonyl (C=O) groups is 5. The molecule has 2 aromatic heterocycles. The Morgan fingerprint density at radius 3 is 2.28 bits per heavy atom. The number of nitrogens with one attached hydrogen (secondary N) is 2. The van der Waals surface area contributed by atoms with E-state index in [4.69, 9.17) is 19.2 Å². The fourth-order valence-corrected chi connectivity index (χ4v) is 12.0. The van der Waals surface area contributed by atoms with Gasteiger partial charge in [-0.2, -0.15) is 0 Å². The first kappa shape index (κ1) is 49.5. The average Bonchev–Trinajstić information content (AvgIpc) is 4.32. The molecule has 3 aliphatic heterocycles. The lowest BCUT2D eigenvalue weighted by atomic mass is 9.65. The number of aliphatic hydroxyl groups is 1. The van der Waals surface area contributed by atoms with Crippen molar-refractivity contribution in [1.29, 1.82) is 0 Å². The molecule has 18 heteroatoms. The van der Waals surface area contributed by atoms with Crippen LogP contribution in [0.1, 0.15) is 59.9 Å².